The molecule has 0 aliphatic rings. The van der Waals surface area contributed by atoms with Crippen LogP contribution in [0.15, 0.2) is 36.7 Å². The van der Waals surface area contributed by atoms with Gasteiger partial charge in [-0.25, -0.2) is 15.0 Å². The summed E-state index contributed by atoms with van der Waals surface area (Å²) in [4.78, 5) is 16.1. The number of hydrogen-bond acceptors (Lipinski definition) is 5. The highest BCUT2D eigenvalue weighted by atomic mass is 15.1. The molecule has 0 saturated heterocycles. The van der Waals surface area contributed by atoms with E-state index in [9.17, 15) is 0 Å². The van der Waals surface area contributed by atoms with Crippen LogP contribution in [0.1, 0.15) is 12.2 Å². The maximum absolute atomic E-state index is 5.91. The standard InChI is InChI=1S/C14H16N6/c15-13-14(18-7-3-6-12-16-8-9-17-12)20-11-5-2-1-4-10(11)19-13/h1-2,4-5,8-9H,3,6-7H2,(H2,15,19)(H,16,17)(H,18,20). The number of fused-ring (bicyclic) bond motifs is 1. The zero-order chi connectivity index (χ0) is 13.8. The molecule has 0 aliphatic carbocycles. The molecule has 1 aromatic carbocycles. The number of aromatic nitrogens is 4. The summed E-state index contributed by atoms with van der Waals surface area (Å²) in [5.41, 5.74) is 7.56. The summed E-state index contributed by atoms with van der Waals surface area (Å²) >= 11 is 0. The first kappa shape index (κ1) is 12.4. The summed E-state index contributed by atoms with van der Waals surface area (Å²) in [6.07, 6.45) is 5.42. The second-order valence-electron chi connectivity index (χ2n) is 4.51. The quantitative estimate of drug-likeness (QED) is 0.615. The van der Waals surface area contributed by atoms with E-state index in [2.05, 4.69) is 25.3 Å². The van der Waals surface area contributed by atoms with Crippen molar-refractivity contribution < 1.29 is 0 Å². The average molecular weight is 268 g/mol. The maximum atomic E-state index is 5.91. The Morgan fingerprint density at radius 3 is 2.70 bits per heavy atom. The molecule has 4 N–H and O–H groups in total. The van der Waals surface area contributed by atoms with Gasteiger partial charge in [0.25, 0.3) is 0 Å². The highest BCUT2D eigenvalue weighted by molar-refractivity contribution is 5.79. The molecular formula is C14H16N6. The molecule has 6 nitrogen and oxygen atoms in total. The van der Waals surface area contributed by atoms with Crippen molar-refractivity contribution in [3.05, 3.63) is 42.5 Å². The molecule has 0 saturated carbocycles. The molecule has 3 aromatic rings. The molecule has 6 heteroatoms. The van der Waals surface area contributed by atoms with Gasteiger partial charge in [-0.05, 0) is 18.6 Å². The number of nitrogens with one attached hydrogen (secondary N) is 2. The van der Waals surface area contributed by atoms with Crippen molar-refractivity contribution in [2.24, 2.45) is 0 Å². The van der Waals surface area contributed by atoms with Gasteiger partial charge in [-0.3, -0.25) is 0 Å². The second-order valence-corrected chi connectivity index (χ2v) is 4.51. The Bertz CT molecular complexity index is 692. The number of para-hydroxylation sites is 2. The van der Waals surface area contributed by atoms with Crippen molar-refractivity contribution in [1.29, 1.82) is 0 Å². The Morgan fingerprint density at radius 1 is 1.15 bits per heavy atom. The number of nitrogens with two attached hydrogens (primary N) is 1. The predicted octanol–water partition coefficient (Wildman–Crippen LogP) is 1.98. The fraction of sp³-hybridized carbons (Fsp3) is 0.214. The Morgan fingerprint density at radius 2 is 1.95 bits per heavy atom. The molecule has 2 aromatic heterocycles. The van der Waals surface area contributed by atoms with Crippen molar-refractivity contribution in [1.82, 2.24) is 19.9 Å². The van der Waals surface area contributed by atoms with Gasteiger partial charge >= 0.3 is 0 Å². The fourth-order valence-corrected chi connectivity index (χ4v) is 2.04. The fourth-order valence-electron chi connectivity index (χ4n) is 2.04. The smallest absolute Gasteiger partial charge is 0.169 e. The molecule has 0 radical (unpaired) electrons. The highest BCUT2D eigenvalue weighted by Gasteiger charge is 2.05. The van der Waals surface area contributed by atoms with Gasteiger partial charge in [-0.2, -0.15) is 0 Å². The van der Waals surface area contributed by atoms with Crippen LogP contribution in [0.2, 0.25) is 0 Å². The van der Waals surface area contributed by atoms with Crippen molar-refractivity contribution >= 4 is 22.7 Å². The molecule has 0 amide bonds. The number of hydrogen-bond donors (Lipinski definition) is 3. The van der Waals surface area contributed by atoms with E-state index in [4.69, 9.17) is 5.73 Å². The maximum Gasteiger partial charge on any atom is 0.169 e. The second kappa shape index (κ2) is 5.56. The van der Waals surface area contributed by atoms with Gasteiger partial charge in [0.1, 0.15) is 5.82 Å². The third-order valence-corrected chi connectivity index (χ3v) is 3.04. The van der Waals surface area contributed by atoms with Crippen LogP contribution >= 0.6 is 0 Å². The van der Waals surface area contributed by atoms with E-state index in [0.717, 1.165) is 36.2 Å². The van der Waals surface area contributed by atoms with E-state index in [-0.39, 0.29) is 0 Å². The number of nitrogens with zero attached hydrogens (tertiary/aromatic N) is 3. The van der Waals surface area contributed by atoms with Gasteiger partial charge in [-0.15, -0.1) is 0 Å². The summed E-state index contributed by atoms with van der Waals surface area (Å²) in [5, 5.41) is 3.23. The molecule has 0 bridgehead atoms. The molecule has 0 unspecified atom stereocenters. The van der Waals surface area contributed by atoms with Gasteiger partial charge in [0.05, 0.1) is 11.0 Å². The summed E-state index contributed by atoms with van der Waals surface area (Å²) in [6.45, 7) is 0.776. The molecule has 2 heterocycles. The SMILES string of the molecule is Nc1nc2ccccc2nc1NCCCc1ncc[nH]1. The van der Waals surface area contributed by atoms with Crippen LogP contribution in [0, 0.1) is 0 Å². The number of imidazole rings is 1. The van der Waals surface area contributed by atoms with Crippen LogP contribution < -0.4 is 11.1 Å². The molecule has 20 heavy (non-hydrogen) atoms. The Kier molecular flexibility index (Phi) is 3.45. The van der Waals surface area contributed by atoms with Gasteiger partial charge in [0, 0.05) is 25.4 Å². The van der Waals surface area contributed by atoms with Crippen LogP contribution in [0.5, 0.6) is 0 Å². The van der Waals surface area contributed by atoms with Crippen LogP contribution in [-0.4, -0.2) is 26.5 Å². The minimum absolute atomic E-state index is 0.432. The van der Waals surface area contributed by atoms with Crippen molar-refractivity contribution in [3.8, 4) is 0 Å². The van der Waals surface area contributed by atoms with E-state index in [0.29, 0.717) is 11.6 Å². The molecule has 102 valence electrons. The lowest BCUT2D eigenvalue weighted by Gasteiger charge is -2.08. The first-order chi connectivity index (χ1) is 9.83. The predicted molar refractivity (Wildman–Crippen MR) is 79.3 cm³/mol. The molecular weight excluding hydrogens is 252 g/mol. The minimum atomic E-state index is 0.432. The number of H-pyrrole nitrogens is 1. The van der Waals surface area contributed by atoms with E-state index in [1.54, 1.807) is 6.20 Å². The lowest BCUT2D eigenvalue weighted by molar-refractivity contribution is 0.814. The summed E-state index contributed by atoms with van der Waals surface area (Å²) < 4.78 is 0. The van der Waals surface area contributed by atoms with Crippen molar-refractivity contribution in [3.63, 3.8) is 0 Å². The molecule has 0 fully saturated rings. The third-order valence-electron chi connectivity index (χ3n) is 3.04. The van der Waals surface area contributed by atoms with Crippen molar-refractivity contribution in [2.75, 3.05) is 17.6 Å². The first-order valence-corrected chi connectivity index (χ1v) is 6.57. The minimum Gasteiger partial charge on any atom is -0.381 e. The first-order valence-electron chi connectivity index (χ1n) is 6.57. The Labute approximate surface area is 116 Å². The van der Waals surface area contributed by atoms with Crippen molar-refractivity contribution in [2.45, 2.75) is 12.8 Å². The zero-order valence-electron chi connectivity index (χ0n) is 11.0. The number of nitrogen functional groups attached to an aromatic ring is 1. The summed E-state index contributed by atoms with van der Waals surface area (Å²) in [6, 6.07) is 7.69. The third kappa shape index (κ3) is 2.69. The lowest BCUT2D eigenvalue weighted by Crippen LogP contribution is -2.09. The van der Waals surface area contributed by atoms with Gasteiger partial charge in [0.2, 0.25) is 0 Å². The molecule has 0 atom stereocenters. The average Bonchev–Trinajstić information content (AvgIpc) is 2.97. The van der Waals surface area contributed by atoms with E-state index in [1.807, 2.05) is 30.5 Å². The number of aromatic amines is 1. The Balaban J connectivity index is 1.63. The van der Waals surface area contributed by atoms with Crippen LogP contribution in [0.25, 0.3) is 11.0 Å². The van der Waals surface area contributed by atoms with Gasteiger partial charge in [0.15, 0.2) is 11.6 Å². The van der Waals surface area contributed by atoms with Gasteiger partial charge in [-0.1, -0.05) is 12.1 Å². The van der Waals surface area contributed by atoms with Crippen LogP contribution in [-0.2, 0) is 6.42 Å². The van der Waals surface area contributed by atoms with E-state index >= 15 is 0 Å². The van der Waals surface area contributed by atoms with Crippen LogP contribution in [0.3, 0.4) is 0 Å². The number of anilines is 2. The summed E-state index contributed by atoms with van der Waals surface area (Å²) in [7, 11) is 0. The molecule has 3 rings (SSSR count). The van der Waals surface area contributed by atoms with E-state index in [1.165, 1.54) is 0 Å². The zero-order valence-corrected chi connectivity index (χ0v) is 11.0. The summed E-state index contributed by atoms with van der Waals surface area (Å²) in [5.74, 6) is 2.06. The van der Waals surface area contributed by atoms with Crippen LogP contribution in [0.4, 0.5) is 11.6 Å². The highest BCUT2D eigenvalue weighted by Crippen LogP contribution is 2.18. The number of rotatable bonds is 5. The monoisotopic (exact) mass is 268 g/mol. The molecule has 0 aliphatic heterocycles. The number of benzene rings is 1. The Hall–Kier alpha value is -2.63. The molecule has 0 spiro atoms. The topological polar surface area (TPSA) is 92.5 Å². The largest absolute Gasteiger partial charge is 0.381 e. The van der Waals surface area contributed by atoms with E-state index < -0.39 is 0 Å². The lowest BCUT2D eigenvalue weighted by atomic mass is 10.3. The normalized spacial score (nSPS) is 10.8. The van der Waals surface area contributed by atoms with Gasteiger partial charge < -0.3 is 16.0 Å². The number of aryl methyl sites for hydroxylation is 1.